The Morgan fingerprint density at radius 1 is 0.310 bits per heavy atom. The average molecular weight is 1950 g/mol. The summed E-state index contributed by atoms with van der Waals surface area (Å²) in [5.74, 6) is 4.73. The summed E-state index contributed by atoms with van der Waals surface area (Å²) in [6.45, 7) is 33.2. The summed E-state index contributed by atoms with van der Waals surface area (Å²) in [4.78, 5) is 27.3. The second-order valence-electron chi connectivity index (χ2n) is 39.0. The molecule has 2 unspecified atom stereocenters. The number of rotatable bonds is 42. The van der Waals surface area contributed by atoms with Crippen molar-refractivity contribution in [3.63, 3.8) is 0 Å². The molecule has 1 aliphatic heterocycles. The zero-order valence-electron chi connectivity index (χ0n) is 87.9. The summed E-state index contributed by atoms with van der Waals surface area (Å²) in [7, 11) is 11.3. The number of nitrogens with zero attached hydrogens (tertiary/aromatic N) is 17. The Balaban J connectivity index is 0.000000182. The van der Waals surface area contributed by atoms with Gasteiger partial charge in [-0.1, -0.05) is 226 Å². The zero-order valence-corrected chi connectivity index (χ0v) is 87.9. The highest BCUT2D eigenvalue weighted by molar-refractivity contribution is 6.30. The van der Waals surface area contributed by atoms with Crippen molar-refractivity contribution in [1.82, 2.24) is 22.8 Å². The number of aromatic nitrogens is 10. The Labute approximate surface area is 855 Å². The van der Waals surface area contributed by atoms with Crippen LogP contribution in [0.3, 0.4) is 0 Å². The monoisotopic (exact) mass is 1950 g/mol. The van der Waals surface area contributed by atoms with Gasteiger partial charge in [-0.25, -0.2) is 50.6 Å². The van der Waals surface area contributed by atoms with Crippen LogP contribution in [0.5, 0.6) is 23.0 Å². The Morgan fingerprint density at radius 3 is 0.828 bits per heavy atom. The van der Waals surface area contributed by atoms with E-state index in [9.17, 15) is 30.6 Å². The van der Waals surface area contributed by atoms with Crippen molar-refractivity contribution in [2.24, 2.45) is 65.2 Å². The molecule has 6 heterocycles. The van der Waals surface area contributed by atoms with E-state index in [1.165, 1.54) is 22.3 Å². The molecule has 0 saturated heterocycles. The van der Waals surface area contributed by atoms with E-state index >= 15 is 0 Å². The van der Waals surface area contributed by atoms with Crippen LogP contribution in [0, 0.1) is 0 Å². The molecule has 0 aliphatic carbocycles. The predicted molar refractivity (Wildman–Crippen MR) is 564 cm³/mol. The van der Waals surface area contributed by atoms with Gasteiger partial charge in [0.2, 0.25) is 6.20 Å². The van der Waals surface area contributed by atoms with Gasteiger partial charge in [-0.15, -0.1) is 4.58 Å². The van der Waals surface area contributed by atoms with E-state index < -0.39 is 0 Å². The highest BCUT2D eigenvalue weighted by Gasteiger charge is 2.32. The Kier molecular flexibility index (Phi) is 36.7. The van der Waals surface area contributed by atoms with E-state index in [0.29, 0.717) is 92.1 Å². The third-order valence-corrected chi connectivity index (χ3v) is 27.2. The number of imidazole rings is 5. The number of nitrogens with one attached hydrogen (secondary N) is 1. The smallest absolute Gasteiger partial charge is 0.383 e. The third-order valence-electron chi connectivity index (χ3n) is 27.2. The van der Waals surface area contributed by atoms with E-state index in [2.05, 4.69) is 217 Å². The molecule has 0 fully saturated rings. The summed E-state index contributed by atoms with van der Waals surface area (Å²) in [6.07, 6.45) is 35.5. The number of ether oxygens (including phenoxy) is 2. The summed E-state index contributed by atoms with van der Waals surface area (Å²) in [5.41, 5.74) is 12.4. The van der Waals surface area contributed by atoms with Crippen molar-refractivity contribution < 1.29 is 72.4 Å². The summed E-state index contributed by atoms with van der Waals surface area (Å²) in [6, 6.07) is 71.1. The number of hydrogen-bond acceptors (Lipinski definition) is 14. The molecule has 756 valence electrons. The number of aliphatic imine (C=N–C) groups is 6. The van der Waals surface area contributed by atoms with Crippen LogP contribution in [0.15, 0.2) is 323 Å². The van der Waals surface area contributed by atoms with E-state index in [1.807, 2.05) is 231 Å². The molecule has 0 saturated carbocycles. The van der Waals surface area contributed by atoms with Crippen molar-refractivity contribution in [1.29, 1.82) is 0 Å². The first-order valence-corrected chi connectivity index (χ1v) is 51.0. The molecule has 145 heavy (non-hydrogen) atoms. The SMILES string of the molecule is CCCCn1cc[n+](C)c1C([O-])=Nc1ccc(C(C)(C)c2ccc(C(C)(C)c3ccc(N=C([O-])c4n(CCCC)cc[n+]4C)cc3)cc2)cc1.CCCCn1cc[n+](C)c1C([O-])=Nc1ccc(C(C)c2cccc(C(C)(C)c3ccc(N=C([O-])C4=[N+](CCCC)C=C[NH+]4C)cc3)c2)cc1.CCCCn1cc[n+](C)c1C([O-])=Nc1ccc(Oc2ccc(Oc3ccc(N=C([O-])c4n(CCCC)cc[n+]4C)cc3)cc2)cc1. The van der Waals surface area contributed by atoms with Crippen LogP contribution >= 0.6 is 0 Å². The molecule has 15 rings (SSSR count). The van der Waals surface area contributed by atoms with E-state index in [0.717, 1.165) is 143 Å². The molecule has 2 atom stereocenters. The third kappa shape index (κ3) is 27.0. The van der Waals surface area contributed by atoms with Crippen molar-refractivity contribution in [3.8, 4) is 23.0 Å². The molecule has 0 spiro atoms. The van der Waals surface area contributed by atoms with Gasteiger partial charge in [0.05, 0.1) is 139 Å². The minimum atomic E-state index is -0.284. The van der Waals surface area contributed by atoms with Gasteiger partial charge < -0.3 is 40.1 Å². The first kappa shape index (κ1) is 107. The lowest BCUT2D eigenvalue weighted by molar-refractivity contribution is -0.733. The van der Waals surface area contributed by atoms with E-state index in [4.69, 9.17) is 9.47 Å². The second-order valence-corrected chi connectivity index (χ2v) is 39.0. The van der Waals surface area contributed by atoms with E-state index in [-0.39, 0.29) is 57.5 Å². The first-order valence-electron chi connectivity index (χ1n) is 51.0. The predicted octanol–water partition coefficient (Wildman–Crippen LogP) is 15.7. The second kappa shape index (κ2) is 49.7. The number of unbranched alkanes of at least 4 members (excludes halogenated alkanes) is 6. The molecule has 14 aromatic rings. The minimum absolute atomic E-state index is 0.150. The molecule has 26 nitrogen and oxygen atoms in total. The number of aryl methyl sites for hydroxylation is 10. The van der Waals surface area contributed by atoms with Crippen molar-refractivity contribution in [2.75, 3.05) is 13.6 Å². The normalized spacial score (nSPS) is 13.7. The minimum Gasteiger partial charge on any atom is -0.853 e. The van der Waals surface area contributed by atoms with Gasteiger partial charge in [0.1, 0.15) is 90.9 Å². The molecular formula is C119H143N18O8+. The van der Waals surface area contributed by atoms with Crippen LogP contribution in [-0.2, 0) is 84.2 Å². The molecule has 0 amide bonds. The maximum absolute atomic E-state index is 13.2. The largest absolute Gasteiger partial charge is 0.853 e. The van der Waals surface area contributed by atoms with Crippen LogP contribution in [0.1, 0.15) is 247 Å². The summed E-state index contributed by atoms with van der Waals surface area (Å²) >= 11 is 0. The maximum atomic E-state index is 13.2. The van der Waals surface area contributed by atoms with E-state index in [1.54, 1.807) is 57.7 Å². The van der Waals surface area contributed by atoms with Crippen molar-refractivity contribution in [2.45, 2.75) is 222 Å². The van der Waals surface area contributed by atoms with Gasteiger partial charge in [-0.3, -0.25) is 30.0 Å². The highest BCUT2D eigenvalue weighted by atomic mass is 16.5. The Morgan fingerprint density at radius 2 is 0.552 bits per heavy atom. The van der Waals surface area contributed by atoms with Gasteiger partial charge in [0.25, 0.3) is 29.1 Å². The molecule has 1 aliphatic rings. The van der Waals surface area contributed by atoms with Gasteiger partial charge in [0.15, 0.2) is 12.7 Å². The van der Waals surface area contributed by atoms with Crippen LogP contribution in [0.25, 0.3) is 0 Å². The van der Waals surface area contributed by atoms with Crippen LogP contribution in [0.4, 0.5) is 34.1 Å². The van der Waals surface area contributed by atoms with Gasteiger partial charge in [-0.05, 0) is 198 Å². The number of hydrogen-bond donors (Lipinski definition) is 1. The molecule has 0 bridgehead atoms. The Bertz CT molecular complexity index is 6630. The standard InChI is InChI=1S/C42H52N6O2.C41H50N6O2.C36H40N6O4/c1-9-11-25-47-29-27-45(7)39(47)37(49)43-35-21-17-33(18-22-35)41(3,4)31-13-15-32(16-14-31)42(5,6)34-19-23-36(24-20-34)44-38(50)40-46(8)28-30-48(40)26-12-10-2;1-8-10-23-46-27-25-44(6)39(46)37(48)42-35-19-15-31(16-20-35)30(3)32-13-12-14-34(29-32)41(4,5)33-17-21-36(22-18-33)43-38(49)40-45(7)26-28-47(40)24-11-9-2;1-5-7-21-41-25-23-39(3)35(41)33(43)37-27-9-13-29(14-10-27)45-31-17-19-32(20-18-31)46-30-15-11-28(12-16-30)38-34(44)36-40(4)24-26-42(36)22-8-6-2/h13-24,27-30H,9-12,25-26H2,1-8H3;12-22,25-30H,8-11,23-24H2,1-7H3;9-20,23-26H,5-8,21-22H2,1-4H3/p+1. The lowest BCUT2D eigenvalue weighted by Gasteiger charge is -2.29. The molecule has 0 radical (unpaired) electrons. The first-order chi connectivity index (χ1) is 69.7. The lowest BCUT2D eigenvalue weighted by atomic mass is 9.74. The number of benzene rings is 9. The Hall–Kier alpha value is -15.2. The van der Waals surface area contributed by atoms with Gasteiger partial charge >= 0.3 is 5.84 Å². The maximum Gasteiger partial charge on any atom is 0.383 e. The summed E-state index contributed by atoms with van der Waals surface area (Å²) in [5, 5.41) is 78.3. The van der Waals surface area contributed by atoms with Crippen LogP contribution in [0.2, 0.25) is 0 Å². The molecule has 5 aromatic heterocycles. The topological polar surface area (TPSA) is 282 Å². The highest BCUT2D eigenvalue weighted by Crippen LogP contribution is 2.40. The lowest BCUT2D eigenvalue weighted by Crippen LogP contribution is -3.08. The molecule has 26 heteroatoms. The summed E-state index contributed by atoms with van der Waals surface area (Å²) < 4.78 is 33.0. The quantitative estimate of drug-likeness (QED) is 0.0217. The number of quaternary nitrogens is 1. The molecule has 1 N–H and O–H groups in total. The molecule has 9 aromatic carbocycles. The van der Waals surface area contributed by atoms with Gasteiger partial charge in [0, 0.05) is 28.6 Å². The fourth-order valence-electron chi connectivity index (χ4n) is 17.8. The van der Waals surface area contributed by atoms with Crippen molar-refractivity contribution in [3.05, 3.63) is 366 Å². The van der Waals surface area contributed by atoms with Gasteiger partial charge in [-0.2, -0.15) is 0 Å². The number of likely N-dealkylation sites (N-methyl/N-ethyl adjacent to an activating group) is 1. The van der Waals surface area contributed by atoms with Crippen LogP contribution in [-0.4, -0.2) is 82.2 Å². The fourth-order valence-corrected chi connectivity index (χ4v) is 17.8. The zero-order chi connectivity index (χ0) is 104. The number of amidine groups is 1. The average Bonchev–Trinajstić information content (AvgIpc) is 1.28. The molecular weight excluding hydrogens is 1810 g/mol. The van der Waals surface area contributed by atoms with Crippen LogP contribution < -0.4 is 67.8 Å². The van der Waals surface area contributed by atoms with Crippen molar-refractivity contribution >= 4 is 75.3 Å². The fraction of sp³-hybridized carbons (Fsp3) is 0.345.